The van der Waals surface area contributed by atoms with Crippen molar-refractivity contribution in [1.82, 2.24) is 5.48 Å². The number of aliphatic carboxylic acids is 1. The molecule has 1 aliphatic rings. The number of anilines is 1. The molecule has 0 aliphatic heterocycles. The zero-order valence-corrected chi connectivity index (χ0v) is 17.8. The smallest absolute Gasteiger partial charge is 0.411 e. The molecule has 8 nitrogen and oxygen atoms in total. The lowest BCUT2D eigenvalue weighted by Crippen LogP contribution is -2.32. The second-order valence-corrected chi connectivity index (χ2v) is 7.56. The van der Waals surface area contributed by atoms with Crippen molar-refractivity contribution in [3.63, 3.8) is 0 Å². The van der Waals surface area contributed by atoms with Crippen molar-refractivity contribution in [3.8, 4) is 11.1 Å². The molecule has 0 bridgehead atoms. The van der Waals surface area contributed by atoms with E-state index in [1.54, 1.807) is 12.1 Å². The van der Waals surface area contributed by atoms with Gasteiger partial charge in [-0.2, -0.15) is 0 Å². The standard InChI is InChI=1S/C25H22N2O6/c1-15(24(29)30)33-27-23(28)16-7-6-8-17(13-16)26-25(31)32-14-22-20-11-4-2-9-18(20)19-10-3-5-12-21(19)22/h2-13,15,22H,14H2,1H3,(H,26,31)(H,27,28)(H,29,30). The van der Waals surface area contributed by atoms with Crippen LogP contribution >= 0.6 is 0 Å². The molecule has 2 amide bonds. The molecule has 0 heterocycles. The fourth-order valence-electron chi connectivity index (χ4n) is 3.74. The van der Waals surface area contributed by atoms with Crippen molar-refractivity contribution in [1.29, 1.82) is 0 Å². The zero-order chi connectivity index (χ0) is 23.4. The number of hydrogen-bond donors (Lipinski definition) is 3. The Morgan fingerprint density at radius 1 is 0.939 bits per heavy atom. The molecule has 4 rings (SSSR count). The summed E-state index contributed by atoms with van der Waals surface area (Å²) in [6.45, 7) is 1.46. The summed E-state index contributed by atoms with van der Waals surface area (Å²) in [6, 6.07) is 22.2. The summed E-state index contributed by atoms with van der Waals surface area (Å²) in [5, 5.41) is 11.4. The van der Waals surface area contributed by atoms with E-state index < -0.39 is 24.1 Å². The van der Waals surface area contributed by atoms with E-state index in [4.69, 9.17) is 14.7 Å². The molecule has 0 saturated carbocycles. The number of carboxylic acid groups (broad SMARTS) is 1. The van der Waals surface area contributed by atoms with Crippen LogP contribution in [0.15, 0.2) is 72.8 Å². The predicted molar refractivity (Wildman–Crippen MR) is 121 cm³/mol. The van der Waals surface area contributed by atoms with Crippen molar-refractivity contribution in [2.75, 3.05) is 11.9 Å². The van der Waals surface area contributed by atoms with E-state index in [-0.39, 0.29) is 18.1 Å². The van der Waals surface area contributed by atoms with Crippen LogP contribution in [0.2, 0.25) is 0 Å². The van der Waals surface area contributed by atoms with Gasteiger partial charge < -0.3 is 9.84 Å². The lowest BCUT2D eigenvalue weighted by Gasteiger charge is -2.15. The normalized spacial score (nSPS) is 12.9. The number of fused-ring (bicyclic) bond motifs is 3. The molecule has 168 valence electrons. The van der Waals surface area contributed by atoms with Crippen molar-refractivity contribution < 1.29 is 29.1 Å². The quantitative estimate of drug-likeness (QED) is 0.469. The monoisotopic (exact) mass is 446 g/mol. The number of hydroxylamine groups is 1. The maximum absolute atomic E-state index is 12.4. The number of hydrogen-bond acceptors (Lipinski definition) is 5. The second kappa shape index (κ2) is 9.54. The zero-order valence-electron chi connectivity index (χ0n) is 17.8. The number of carbonyl (C=O) groups excluding carboxylic acids is 2. The van der Waals surface area contributed by atoms with Crippen LogP contribution in [-0.4, -0.2) is 35.8 Å². The van der Waals surface area contributed by atoms with E-state index in [0.29, 0.717) is 5.69 Å². The number of amides is 2. The number of benzene rings is 3. The maximum Gasteiger partial charge on any atom is 0.411 e. The van der Waals surface area contributed by atoms with Gasteiger partial charge >= 0.3 is 12.1 Å². The SMILES string of the molecule is CC(ONC(=O)c1cccc(NC(=O)OCC2c3ccccc3-c3ccccc32)c1)C(=O)O. The van der Waals surface area contributed by atoms with Gasteiger partial charge in [-0.15, -0.1) is 0 Å². The van der Waals surface area contributed by atoms with Crippen molar-refractivity contribution in [2.45, 2.75) is 18.9 Å². The van der Waals surface area contributed by atoms with Crippen LogP contribution in [0.4, 0.5) is 10.5 Å². The third-order valence-electron chi connectivity index (χ3n) is 5.39. The number of rotatable bonds is 7. The molecule has 0 radical (unpaired) electrons. The number of ether oxygens (including phenoxy) is 1. The lowest BCUT2D eigenvalue weighted by atomic mass is 9.98. The van der Waals surface area contributed by atoms with E-state index >= 15 is 0 Å². The molecule has 3 N–H and O–H groups in total. The molecule has 8 heteroatoms. The summed E-state index contributed by atoms with van der Waals surface area (Å²) >= 11 is 0. The summed E-state index contributed by atoms with van der Waals surface area (Å²) in [5.41, 5.74) is 7.12. The van der Waals surface area contributed by atoms with E-state index in [9.17, 15) is 14.4 Å². The Kier molecular flexibility index (Phi) is 6.37. The van der Waals surface area contributed by atoms with Gasteiger partial charge in [-0.3, -0.25) is 14.9 Å². The van der Waals surface area contributed by atoms with E-state index in [1.165, 1.54) is 19.1 Å². The molecule has 1 aliphatic carbocycles. The Morgan fingerprint density at radius 2 is 1.58 bits per heavy atom. The van der Waals surface area contributed by atoms with Gasteiger partial charge in [0.25, 0.3) is 5.91 Å². The summed E-state index contributed by atoms with van der Waals surface area (Å²) < 4.78 is 5.51. The first-order valence-electron chi connectivity index (χ1n) is 10.3. The predicted octanol–water partition coefficient (Wildman–Crippen LogP) is 4.18. The average molecular weight is 446 g/mol. The van der Waals surface area contributed by atoms with Gasteiger partial charge in [0.05, 0.1) is 0 Å². The Labute approximate surface area is 190 Å². The fourth-order valence-corrected chi connectivity index (χ4v) is 3.74. The Bertz CT molecular complexity index is 1160. The highest BCUT2D eigenvalue weighted by Gasteiger charge is 2.29. The number of carbonyl (C=O) groups is 3. The largest absolute Gasteiger partial charge is 0.479 e. The Balaban J connectivity index is 1.38. The third-order valence-corrected chi connectivity index (χ3v) is 5.39. The number of carboxylic acids is 1. The highest BCUT2D eigenvalue weighted by Crippen LogP contribution is 2.44. The van der Waals surface area contributed by atoms with Gasteiger partial charge in [0, 0.05) is 17.2 Å². The Hall–Kier alpha value is -4.17. The fraction of sp³-hybridized carbons (Fsp3) is 0.160. The molecule has 0 fully saturated rings. The molecular formula is C25H22N2O6. The van der Waals surface area contributed by atoms with Gasteiger partial charge in [-0.05, 0) is 47.4 Å². The summed E-state index contributed by atoms with van der Waals surface area (Å²) in [6.07, 6.45) is -1.85. The molecule has 33 heavy (non-hydrogen) atoms. The average Bonchev–Trinajstić information content (AvgIpc) is 3.15. The summed E-state index contributed by atoms with van der Waals surface area (Å²) in [7, 11) is 0. The second-order valence-electron chi connectivity index (χ2n) is 7.56. The minimum absolute atomic E-state index is 0.0614. The molecule has 0 saturated heterocycles. The first kappa shape index (κ1) is 22.0. The molecule has 0 aromatic heterocycles. The Morgan fingerprint density at radius 3 is 2.21 bits per heavy atom. The molecular weight excluding hydrogens is 424 g/mol. The third kappa shape index (κ3) is 4.86. The van der Waals surface area contributed by atoms with Gasteiger partial charge in [0.2, 0.25) is 0 Å². The highest BCUT2D eigenvalue weighted by molar-refractivity contribution is 5.95. The van der Waals surface area contributed by atoms with Crippen LogP contribution in [-0.2, 0) is 14.4 Å². The minimum Gasteiger partial charge on any atom is -0.479 e. The first-order valence-corrected chi connectivity index (χ1v) is 10.3. The van der Waals surface area contributed by atoms with Gasteiger partial charge in [0.1, 0.15) is 6.61 Å². The van der Waals surface area contributed by atoms with Crippen molar-refractivity contribution >= 4 is 23.7 Å². The highest BCUT2D eigenvalue weighted by atomic mass is 16.7. The van der Waals surface area contributed by atoms with E-state index in [1.807, 2.05) is 36.4 Å². The first-order chi connectivity index (χ1) is 15.9. The molecule has 3 aromatic rings. The molecule has 1 atom stereocenters. The van der Waals surface area contributed by atoms with Crippen LogP contribution in [0.25, 0.3) is 11.1 Å². The van der Waals surface area contributed by atoms with Crippen molar-refractivity contribution in [3.05, 3.63) is 89.5 Å². The van der Waals surface area contributed by atoms with Crippen LogP contribution < -0.4 is 10.8 Å². The van der Waals surface area contributed by atoms with Gasteiger partial charge in [0.15, 0.2) is 6.10 Å². The van der Waals surface area contributed by atoms with Crippen LogP contribution in [0.5, 0.6) is 0 Å². The van der Waals surface area contributed by atoms with Crippen molar-refractivity contribution in [2.24, 2.45) is 0 Å². The lowest BCUT2D eigenvalue weighted by molar-refractivity contribution is -0.152. The van der Waals surface area contributed by atoms with Gasteiger partial charge in [-0.25, -0.2) is 15.1 Å². The van der Waals surface area contributed by atoms with Crippen LogP contribution in [0.3, 0.4) is 0 Å². The molecule has 0 spiro atoms. The van der Waals surface area contributed by atoms with Crippen LogP contribution in [0.1, 0.15) is 34.3 Å². The van der Waals surface area contributed by atoms with E-state index in [0.717, 1.165) is 22.3 Å². The number of nitrogens with one attached hydrogen (secondary N) is 2. The van der Waals surface area contributed by atoms with Gasteiger partial charge in [-0.1, -0.05) is 54.6 Å². The topological polar surface area (TPSA) is 114 Å². The van der Waals surface area contributed by atoms with E-state index in [2.05, 4.69) is 22.9 Å². The molecule has 3 aromatic carbocycles. The minimum atomic E-state index is -1.21. The van der Waals surface area contributed by atoms with Crippen LogP contribution in [0, 0.1) is 0 Å². The maximum atomic E-state index is 12.4. The molecule has 1 unspecified atom stereocenters. The summed E-state index contributed by atoms with van der Waals surface area (Å²) in [4.78, 5) is 40.2. The summed E-state index contributed by atoms with van der Waals surface area (Å²) in [5.74, 6) is -1.91.